The van der Waals surface area contributed by atoms with Crippen molar-refractivity contribution < 1.29 is 4.74 Å². The van der Waals surface area contributed by atoms with Crippen LogP contribution < -0.4 is 10.1 Å². The fourth-order valence-corrected chi connectivity index (χ4v) is 1.75. The van der Waals surface area contributed by atoms with Gasteiger partial charge in [-0.15, -0.1) is 0 Å². The molecule has 4 heteroatoms. The molecule has 0 aliphatic rings. The molecule has 0 unspecified atom stereocenters. The first-order valence-corrected chi connectivity index (χ1v) is 6.38. The average molecular weight is 265 g/mol. The molecule has 0 spiro atoms. The molecule has 0 saturated carbocycles. The van der Waals surface area contributed by atoms with Gasteiger partial charge in [0, 0.05) is 0 Å². The number of hydrogen-bond donors (Lipinski definition) is 1. The van der Waals surface area contributed by atoms with Gasteiger partial charge in [0.05, 0.1) is 5.69 Å². The van der Waals surface area contributed by atoms with Crippen LogP contribution >= 0.6 is 0 Å². The summed E-state index contributed by atoms with van der Waals surface area (Å²) in [6.07, 6.45) is 2.71. The van der Waals surface area contributed by atoms with E-state index in [9.17, 15) is 0 Å². The molecule has 1 N–H and O–H groups in total. The first-order chi connectivity index (χ1) is 9.83. The molecule has 0 amide bonds. The van der Waals surface area contributed by atoms with Gasteiger partial charge >= 0.3 is 6.02 Å². The van der Waals surface area contributed by atoms with E-state index in [2.05, 4.69) is 17.2 Å². The molecule has 2 rings (SSSR count). The van der Waals surface area contributed by atoms with Crippen molar-refractivity contribution in [2.75, 3.05) is 0 Å². The Morgan fingerprint density at radius 1 is 1.15 bits per heavy atom. The van der Waals surface area contributed by atoms with Crippen LogP contribution in [0.25, 0.3) is 0 Å². The van der Waals surface area contributed by atoms with Gasteiger partial charge in [0.1, 0.15) is 5.75 Å². The van der Waals surface area contributed by atoms with E-state index < -0.39 is 0 Å². The third-order valence-electron chi connectivity index (χ3n) is 2.72. The van der Waals surface area contributed by atoms with Gasteiger partial charge in [0.15, 0.2) is 6.19 Å². The van der Waals surface area contributed by atoms with Crippen LogP contribution in [-0.4, -0.2) is 6.02 Å². The standard InChI is InChI=1S/C16H15N3O/c1-2-13-8-6-7-11-15(13)19-16(18-12-17)20-14-9-4-3-5-10-14/h3-11H,2H2,1H3,(H,18,19). The number of para-hydroxylation sites is 2. The van der Waals surface area contributed by atoms with Crippen molar-refractivity contribution in [1.82, 2.24) is 5.32 Å². The summed E-state index contributed by atoms with van der Waals surface area (Å²) in [4.78, 5) is 4.38. The maximum absolute atomic E-state index is 8.80. The normalized spacial score (nSPS) is 10.7. The Morgan fingerprint density at radius 2 is 1.85 bits per heavy atom. The summed E-state index contributed by atoms with van der Waals surface area (Å²) >= 11 is 0. The number of nitrogens with one attached hydrogen (secondary N) is 1. The second-order valence-corrected chi connectivity index (χ2v) is 4.05. The number of nitrogens with zero attached hydrogens (tertiary/aromatic N) is 2. The van der Waals surface area contributed by atoms with Gasteiger partial charge in [-0.2, -0.15) is 10.3 Å². The highest BCUT2D eigenvalue weighted by Crippen LogP contribution is 2.19. The van der Waals surface area contributed by atoms with Crippen LogP contribution in [0.5, 0.6) is 5.75 Å². The minimum atomic E-state index is 0.166. The number of benzene rings is 2. The number of amidine groups is 1. The Balaban J connectivity index is 2.28. The number of ether oxygens (including phenoxy) is 1. The summed E-state index contributed by atoms with van der Waals surface area (Å²) in [7, 11) is 0. The summed E-state index contributed by atoms with van der Waals surface area (Å²) in [6.45, 7) is 2.06. The second-order valence-electron chi connectivity index (χ2n) is 4.05. The van der Waals surface area contributed by atoms with Crippen LogP contribution in [0.15, 0.2) is 59.6 Å². The van der Waals surface area contributed by atoms with Crippen LogP contribution in [0.1, 0.15) is 12.5 Å². The zero-order valence-electron chi connectivity index (χ0n) is 11.2. The molecule has 2 aromatic carbocycles. The average Bonchev–Trinajstić information content (AvgIpc) is 2.49. The number of hydrogen-bond acceptors (Lipinski definition) is 3. The first kappa shape index (κ1) is 13.6. The van der Waals surface area contributed by atoms with E-state index in [1.54, 1.807) is 12.1 Å². The molecule has 0 bridgehead atoms. The molecule has 2 aromatic rings. The van der Waals surface area contributed by atoms with Gasteiger partial charge in [-0.05, 0) is 30.2 Å². The third kappa shape index (κ3) is 3.59. The summed E-state index contributed by atoms with van der Waals surface area (Å²) in [5, 5.41) is 11.3. The number of aliphatic imine (C=N–C) groups is 1. The summed E-state index contributed by atoms with van der Waals surface area (Å²) < 4.78 is 5.57. The fraction of sp³-hybridized carbons (Fsp3) is 0.125. The van der Waals surface area contributed by atoms with Crippen molar-refractivity contribution in [1.29, 1.82) is 5.26 Å². The van der Waals surface area contributed by atoms with E-state index in [-0.39, 0.29) is 6.02 Å². The van der Waals surface area contributed by atoms with Crippen molar-refractivity contribution in [2.24, 2.45) is 4.99 Å². The van der Waals surface area contributed by atoms with Crippen LogP contribution in [-0.2, 0) is 6.42 Å². The molecular weight excluding hydrogens is 250 g/mol. The zero-order valence-corrected chi connectivity index (χ0v) is 11.2. The van der Waals surface area contributed by atoms with E-state index in [0.29, 0.717) is 5.75 Å². The van der Waals surface area contributed by atoms with Crippen molar-refractivity contribution in [3.05, 3.63) is 60.2 Å². The highest BCUT2D eigenvalue weighted by molar-refractivity contribution is 5.81. The van der Waals surface area contributed by atoms with Crippen molar-refractivity contribution in [3.63, 3.8) is 0 Å². The van der Waals surface area contributed by atoms with Gasteiger partial charge in [-0.1, -0.05) is 43.3 Å². The Bertz CT molecular complexity index is 630. The maximum atomic E-state index is 8.80. The summed E-state index contributed by atoms with van der Waals surface area (Å²) in [6, 6.07) is 17.2. The largest absolute Gasteiger partial charge is 0.425 e. The van der Waals surface area contributed by atoms with Gasteiger partial charge in [-0.25, -0.2) is 5.32 Å². The van der Waals surface area contributed by atoms with E-state index in [4.69, 9.17) is 10.00 Å². The lowest BCUT2D eigenvalue weighted by atomic mass is 10.1. The third-order valence-corrected chi connectivity index (χ3v) is 2.72. The van der Waals surface area contributed by atoms with Crippen molar-refractivity contribution in [2.45, 2.75) is 13.3 Å². The lowest BCUT2D eigenvalue weighted by Crippen LogP contribution is -2.24. The molecule has 100 valence electrons. The SMILES string of the molecule is CCc1ccccc1N=C(NC#N)Oc1ccccc1. The molecule has 0 aromatic heterocycles. The van der Waals surface area contributed by atoms with Crippen LogP contribution in [0, 0.1) is 11.5 Å². The predicted octanol–water partition coefficient (Wildman–Crippen LogP) is 3.39. The lowest BCUT2D eigenvalue weighted by molar-refractivity contribution is 0.531. The Kier molecular flexibility index (Phi) is 4.74. The minimum absolute atomic E-state index is 0.166. The molecule has 0 heterocycles. The molecule has 0 radical (unpaired) electrons. The Morgan fingerprint density at radius 3 is 2.55 bits per heavy atom. The van der Waals surface area contributed by atoms with E-state index in [0.717, 1.165) is 17.7 Å². The molecule has 0 fully saturated rings. The van der Waals surface area contributed by atoms with Crippen LogP contribution in [0.4, 0.5) is 5.69 Å². The molecular formula is C16H15N3O. The topological polar surface area (TPSA) is 57.4 Å². The Labute approximate surface area is 118 Å². The number of aryl methyl sites for hydroxylation is 1. The summed E-state index contributed by atoms with van der Waals surface area (Å²) in [5.41, 5.74) is 1.89. The smallest absolute Gasteiger partial charge is 0.309 e. The van der Waals surface area contributed by atoms with Crippen LogP contribution in [0.3, 0.4) is 0 Å². The molecule has 0 saturated heterocycles. The first-order valence-electron chi connectivity index (χ1n) is 6.38. The quantitative estimate of drug-likeness (QED) is 0.400. The predicted molar refractivity (Wildman–Crippen MR) is 78.7 cm³/mol. The van der Waals surface area contributed by atoms with Gasteiger partial charge in [0.2, 0.25) is 0 Å². The van der Waals surface area contributed by atoms with E-state index in [1.807, 2.05) is 48.7 Å². The molecule has 0 aliphatic heterocycles. The highest BCUT2D eigenvalue weighted by Gasteiger charge is 2.04. The molecule has 20 heavy (non-hydrogen) atoms. The van der Waals surface area contributed by atoms with E-state index >= 15 is 0 Å². The van der Waals surface area contributed by atoms with Crippen molar-refractivity contribution >= 4 is 11.7 Å². The zero-order chi connectivity index (χ0) is 14.2. The lowest BCUT2D eigenvalue weighted by Gasteiger charge is -2.08. The molecule has 0 atom stereocenters. The molecule has 4 nitrogen and oxygen atoms in total. The van der Waals surface area contributed by atoms with Gasteiger partial charge in [-0.3, -0.25) is 0 Å². The second kappa shape index (κ2) is 6.95. The number of rotatable bonds is 3. The van der Waals surface area contributed by atoms with Crippen LogP contribution in [0.2, 0.25) is 0 Å². The van der Waals surface area contributed by atoms with Gasteiger partial charge < -0.3 is 4.74 Å². The summed E-state index contributed by atoms with van der Waals surface area (Å²) in [5.74, 6) is 0.628. The van der Waals surface area contributed by atoms with E-state index in [1.165, 1.54) is 0 Å². The van der Waals surface area contributed by atoms with Crippen molar-refractivity contribution in [3.8, 4) is 11.9 Å². The molecule has 0 aliphatic carbocycles. The number of nitriles is 1. The highest BCUT2D eigenvalue weighted by atomic mass is 16.5. The minimum Gasteiger partial charge on any atom is -0.425 e. The van der Waals surface area contributed by atoms with Gasteiger partial charge in [0.25, 0.3) is 0 Å². The Hall–Kier alpha value is -2.80. The maximum Gasteiger partial charge on any atom is 0.309 e. The monoisotopic (exact) mass is 265 g/mol. The fourth-order valence-electron chi connectivity index (χ4n) is 1.75.